The molecule has 456 valence electrons. The van der Waals surface area contributed by atoms with Gasteiger partial charge >= 0.3 is 0 Å². The molecule has 2 amide bonds. The van der Waals surface area contributed by atoms with Crippen molar-refractivity contribution in [3.8, 4) is 0 Å². The highest BCUT2D eigenvalue weighted by atomic mass is 35.5. The Balaban J connectivity index is 0.000000507. The Hall–Kier alpha value is -3.11. The number of ketones is 6. The van der Waals surface area contributed by atoms with Crippen LogP contribution in [-0.4, -0.2) is 153 Å². The number of thioether (sulfide) groups is 4. The summed E-state index contributed by atoms with van der Waals surface area (Å²) in [6.45, 7) is 17.1. The maximum atomic E-state index is 13.5. The molecular formula is C61H95ClN4O11S4. The minimum atomic E-state index is -1.33. The molecule has 0 saturated carbocycles. The number of nitrogens with one attached hydrogen (secondary N) is 2. The van der Waals surface area contributed by atoms with Crippen LogP contribution >= 0.6 is 58.8 Å². The second-order valence-electron chi connectivity index (χ2n) is 20.6. The number of likely N-dealkylation sites (tertiary alicyclic amines) is 1. The number of carbonyl (C=O) groups excluding carboxylic acids is 8. The summed E-state index contributed by atoms with van der Waals surface area (Å²) in [5.74, 6) is 1.30. The third kappa shape index (κ3) is 23.7. The fourth-order valence-electron chi connectivity index (χ4n) is 10.4. The van der Waals surface area contributed by atoms with Crippen molar-refractivity contribution in [3.05, 3.63) is 71.8 Å². The van der Waals surface area contributed by atoms with E-state index in [4.69, 9.17) is 16.9 Å². The summed E-state index contributed by atoms with van der Waals surface area (Å²) >= 11 is 14.2. The SMILES string of the molecule is C.CC.CCCC(CC(=O)[C@@H]1CC2(CN1CC)SCCCS2)C(O)C(=O)CCC(=O)N[C@H](C(C)=O)c1ccccc1.CCCC(CC(=O)[C@@H]1CC2(CN1Cl)SCCCS2)C(O)C(=O)CCC(=O)N[C@H](C(C)=O)c1ccccc1.CCO. The van der Waals surface area contributed by atoms with E-state index >= 15 is 0 Å². The first kappa shape index (κ1) is 74.0. The molecule has 0 aliphatic carbocycles. The number of carbonyl (C=O) groups is 8. The lowest BCUT2D eigenvalue weighted by Gasteiger charge is -2.31. The van der Waals surface area contributed by atoms with E-state index in [9.17, 15) is 48.6 Å². The summed E-state index contributed by atoms with van der Waals surface area (Å²) in [5, 5.41) is 34.7. The third-order valence-electron chi connectivity index (χ3n) is 14.5. The van der Waals surface area contributed by atoms with E-state index in [-0.39, 0.29) is 89.9 Å². The number of amides is 2. The number of aliphatic hydroxyl groups is 3. The largest absolute Gasteiger partial charge is 0.397 e. The van der Waals surface area contributed by atoms with Gasteiger partial charge in [-0.05, 0) is 124 Å². The summed E-state index contributed by atoms with van der Waals surface area (Å²) in [5.41, 5.74) is 1.35. The van der Waals surface area contributed by atoms with E-state index < -0.39 is 65.6 Å². The molecule has 6 rings (SSSR count). The van der Waals surface area contributed by atoms with Crippen LogP contribution in [0, 0.1) is 11.8 Å². The molecule has 0 radical (unpaired) electrons. The number of hydrogen-bond donors (Lipinski definition) is 5. The van der Waals surface area contributed by atoms with E-state index in [0.29, 0.717) is 43.4 Å². The number of halogens is 1. The molecule has 2 aromatic rings. The monoisotopic (exact) mass is 1220 g/mol. The van der Waals surface area contributed by atoms with E-state index in [1.54, 1.807) is 59.9 Å². The van der Waals surface area contributed by atoms with Crippen molar-refractivity contribution < 1.29 is 53.7 Å². The fourth-order valence-corrected chi connectivity index (χ4v) is 17.7. The zero-order chi connectivity index (χ0) is 59.4. The van der Waals surface area contributed by atoms with Crippen LogP contribution in [0.15, 0.2) is 60.7 Å². The van der Waals surface area contributed by atoms with Crippen molar-refractivity contribution in [1.29, 1.82) is 0 Å². The van der Waals surface area contributed by atoms with Crippen molar-refractivity contribution in [2.45, 2.75) is 197 Å². The highest BCUT2D eigenvalue weighted by Crippen LogP contribution is 2.52. The highest BCUT2D eigenvalue weighted by Gasteiger charge is 2.50. The fraction of sp³-hybridized carbons (Fsp3) is 0.672. The molecule has 4 aliphatic rings. The van der Waals surface area contributed by atoms with Gasteiger partial charge in [-0.1, -0.05) is 116 Å². The lowest BCUT2D eigenvalue weighted by molar-refractivity contribution is -0.135. The Labute approximate surface area is 506 Å². The van der Waals surface area contributed by atoms with Crippen LogP contribution in [0.5, 0.6) is 0 Å². The van der Waals surface area contributed by atoms with Crippen molar-refractivity contribution in [2.75, 3.05) is 49.3 Å². The van der Waals surface area contributed by atoms with Crippen LogP contribution in [0.1, 0.15) is 176 Å². The van der Waals surface area contributed by atoms with E-state index in [0.717, 1.165) is 55.4 Å². The minimum absolute atomic E-state index is 0. The lowest BCUT2D eigenvalue weighted by atomic mass is 9.86. The molecule has 2 spiro atoms. The number of aliphatic hydroxyl groups excluding tert-OH is 3. The number of benzene rings is 2. The van der Waals surface area contributed by atoms with E-state index in [1.165, 1.54) is 20.3 Å². The van der Waals surface area contributed by atoms with E-state index in [1.807, 2.05) is 86.9 Å². The van der Waals surface area contributed by atoms with Crippen LogP contribution in [0.3, 0.4) is 0 Å². The number of rotatable bonds is 27. The van der Waals surface area contributed by atoms with Gasteiger partial charge in [-0.3, -0.25) is 43.3 Å². The van der Waals surface area contributed by atoms with Gasteiger partial charge in [0.1, 0.15) is 30.1 Å². The third-order valence-corrected chi connectivity index (χ3v) is 21.5. The maximum absolute atomic E-state index is 13.5. The Morgan fingerprint density at radius 3 is 1.32 bits per heavy atom. The summed E-state index contributed by atoms with van der Waals surface area (Å²) in [6.07, 6.45) is 3.46. The zero-order valence-corrected chi connectivity index (χ0v) is 52.5. The van der Waals surface area contributed by atoms with Crippen molar-refractivity contribution in [1.82, 2.24) is 20.0 Å². The molecule has 4 aliphatic heterocycles. The Morgan fingerprint density at radius 2 is 0.963 bits per heavy atom. The zero-order valence-electron chi connectivity index (χ0n) is 48.5. The van der Waals surface area contributed by atoms with Gasteiger partial charge in [0.15, 0.2) is 28.9 Å². The Kier molecular flexibility index (Phi) is 35.4. The van der Waals surface area contributed by atoms with Gasteiger partial charge < -0.3 is 26.0 Å². The topological polar surface area (TPSA) is 228 Å². The first-order chi connectivity index (χ1) is 38.3. The van der Waals surface area contributed by atoms with Crippen LogP contribution in [0.25, 0.3) is 0 Å². The molecule has 4 unspecified atom stereocenters. The maximum Gasteiger partial charge on any atom is 0.221 e. The quantitative estimate of drug-likeness (QED) is 0.0524. The molecule has 0 bridgehead atoms. The predicted molar refractivity (Wildman–Crippen MR) is 335 cm³/mol. The van der Waals surface area contributed by atoms with Gasteiger partial charge in [0, 0.05) is 58.2 Å². The van der Waals surface area contributed by atoms with Crippen LogP contribution in [-0.2, 0) is 38.4 Å². The van der Waals surface area contributed by atoms with Crippen LogP contribution in [0.2, 0.25) is 0 Å². The Bertz CT molecular complexity index is 2260. The second kappa shape index (κ2) is 38.8. The summed E-state index contributed by atoms with van der Waals surface area (Å²) in [6, 6.07) is 15.7. The molecule has 4 heterocycles. The molecule has 4 fully saturated rings. The normalized spacial score (nSPS) is 20.3. The van der Waals surface area contributed by atoms with Crippen molar-refractivity contribution in [2.24, 2.45) is 11.8 Å². The van der Waals surface area contributed by atoms with Crippen LogP contribution in [0.4, 0.5) is 0 Å². The average Bonchev–Trinajstić information content (AvgIpc) is 4.20. The van der Waals surface area contributed by atoms with Gasteiger partial charge in [0.05, 0.1) is 20.2 Å². The van der Waals surface area contributed by atoms with Gasteiger partial charge in [0.2, 0.25) is 11.8 Å². The molecule has 0 aromatic heterocycles. The minimum Gasteiger partial charge on any atom is -0.397 e. The molecule has 20 heteroatoms. The molecule has 4 saturated heterocycles. The van der Waals surface area contributed by atoms with Gasteiger partial charge in [-0.25, -0.2) is 4.42 Å². The number of likely N-dealkylation sites (N-methyl/N-ethyl adjacent to an activating group) is 1. The predicted octanol–water partition coefficient (Wildman–Crippen LogP) is 10.2. The van der Waals surface area contributed by atoms with Gasteiger partial charge in [0.25, 0.3) is 0 Å². The van der Waals surface area contributed by atoms with E-state index in [2.05, 4.69) is 22.5 Å². The Morgan fingerprint density at radius 1 is 0.605 bits per heavy atom. The summed E-state index contributed by atoms with van der Waals surface area (Å²) in [4.78, 5) is 104. The summed E-state index contributed by atoms with van der Waals surface area (Å²) < 4.78 is 1.63. The lowest BCUT2D eigenvalue weighted by Crippen LogP contribution is -2.39. The number of hydrogen-bond acceptors (Lipinski definition) is 17. The number of Topliss-reactive ketones (excluding diaryl/α,β-unsaturated/α-hetero) is 6. The molecular weight excluding hydrogens is 1130 g/mol. The standard InChI is InChI=1S/C29H42N2O5S2.C27H37ClN2O5S2.C2H6O.C2H6.CH4/c1-4-10-22(17-25(34)23-18-29(19-31(23)5-2)37-15-9-16-38-29)28(36)24(33)13-14-26(35)30-27(20(3)32)21-11-7-6-8-12-21;1-3-8-20(15-23(33)21-16-27(17-30(21)28)36-13-7-14-37-27)26(35)22(32)11-12-24(34)29-25(18(2)31)19-9-5-4-6-10-19;1-2-3;1-2;/h6-8,11-12,22-23,27-28,36H,4-5,9-10,13-19H2,1-3H3,(H,30,35);4-6,9-10,20-21,25-26,35H,3,7-8,11-17H2,1-2H3,(H,29,34);3H,2H2,1H3;1-2H3;1H4/t22?,23-,27+,28?;20?,21-,25+,26?;;;/m00.../s1. The molecule has 81 heavy (non-hydrogen) atoms. The van der Waals surface area contributed by atoms with Gasteiger partial charge in [-0.15, -0.1) is 47.0 Å². The molecule has 2 aromatic carbocycles. The first-order valence-electron chi connectivity index (χ1n) is 28.8. The van der Waals surface area contributed by atoms with Crippen LogP contribution < -0.4 is 10.6 Å². The van der Waals surface area contributed by atoms with Crippen molar-refractivity contribution >= 4 is 105 Å². The molecule has 5 N–H and O–H groups in total. The molecule has 8 atom stereocenters. The first-order valence-corrected chi connectivity index (χ1v) is 33.0. The summed E-state index contributed by atoms with van der Waals surface area (Å²) in [7, 11) is 0. The highest BCUT2D eigenvalue weighted by molar-refractivity contribution is 8.19. The molecule has 15 nitrogen and oxygen atoms in total. The van der Waals surface area contributed by atoms with Gasteiger partial charge in [-0.2, -0.15) is 0 Å². The average molecular weight is 1220 g/mol. The number of nitrogens with zero attached hydrogens (tertiary/aromatic N) is 2. The smallest absolute Gasteiger partial charge is 0.221 e. The van der Waals surface area contributed by atoms with Crippen molar-refractivity contribution in [3.63, 3.8) is 0 Å². The second-order valence-corrected chi connectivity index (χ2v) is 27.5.